The lowest BCUT2D eigenvalue weighted by atomic mass is 9.78. The predicted octanol–water partition coefficient (Wildman–Crippen LogP) is 3.81. The van der Waals surface area contributed by atoms with E-state index < -0.39 is 0 Å². The van der Waals surface area contributed by atoms with Crippen molar-refractivity contribution in [2.24, 2.45) is 5.92 Å². The van der Waals surface area contributed by atoms with Gasteiger partial charge in [-0.1, -0.05) is 25.0 Å². The maximum absolute atomic E-state index is 12.6. The number of carbonyl (C=O) groups excluding carboxylic acids is 2. The molecule has 0 saturated heterocycles. The fourth-order valence-corrected chi connectivity index (χ4v) is 4.71. The molecule has 0 spiro atoms. The summed E-state index contributed by atoms with van der Waals surface area (Å²) in [6.45, 7) is 1.62. The summed E-state index contributed by atoms with van der Waals surface area (Å²) >= 11 is 0. The number of hydrogen-bond donors (Lipinski definition) is 2. The first-order valence-electron chi connectivity index (χ1n) is 11.8. The van der Waals surface area contributed by atoms with E-state index in [1.807, 2.05) is 18.2 Å². The molecular weight excluding hydrogens is 420 g/mol. The molecule has 0 aromatic heterocycles. The molecule has 0 bridgehead atoms. The smallest absolute Gasteiger partial charge is 0.257 e. The number of amides is 2. The fraction of sp³-hybridized carbons (Fsp3) is 0.462. The second-order valence-electron chi connectivity index (χ2n) is 9.20. The molecule has 0 radical (unpaired) electrons. The molecule has 7 heteroatoms. The van der Waals surface area contributed by atoms with Crippen molar-refractivity contribution in [1.29, 1.82) is 0 Å². The van der Waals surface area contributed by atoms with E-state index in [-0.39, 0.29) is 29.8 Å². The summed E-state index contributed by atoms with van der Waals surface area (Å²) in [5.74, 6) is 2.15. The Morgan fingerprint density at radius 2 is 1.79 bits per heavy atom. The number of rotatable bonds is 8. The van der Waals surface area contributed by atoms with Crippen LogP contribution in [0.4, 0.5) is 5.69 Å². The monoisotopic (exact) mass is 450 g/mol. The van der Waals surface area contributed by atoms with Gasteiger partial charge in [-0.05, 0) is 55.5 Å². The Balaban J connectivity index is 1.17. The van der Waals surface area contributed by atoms with Crippen molar-refractivity contribution in [2.45, 2.75) is 43.9 Å². The van der Waals surface area contributed by atoms with E-state index in [0.29, 0.717) is 31.2 Å². The van der Waals surface area contributed by atoms with Crippen molar-refractivity contribution >= 4 is 17.5 Å². The lowest BCUT2D eigenvalue weighted by Crippen LogP contribution is -2.41. The lowest BCUT2D eigenvalue weighted by molar-refractivity contribution is -0.123. The maximum atomic E-state index is 12.6. The predicted molar refractivity (Wildman–Crippen MR) is 124 cm³/mol. The van der Waals surface area contributed by atoms with Crippen molar-refractivity contribution in [3.8, 4) is 17.2 Å². The first-order valence-corrected chi connectivity index (χ1v) is 11.8. The molecule has 2 N–H and O–H groups in total. The van der Waals surface area contributed by atoms with E-state index in [2.05, 4.69) is 22.8 Å². The summed E-state index contributed by atoms with van der Waals surface area (Å²) in [7, 11) is 0. The zero-order chi connectivity index (χ0) is 22.7. The molecule has 2 aromatic rings. The van der Waals surface area contributed by atoms with Gasteiger partial charge in [-0.2, -0.15) is 0 Å². The number of carbonyl (C=O) groups is 2. The zero-order valence-electron chi connectivity index (χ0n) is 18.7. The van der Waals surface area contributed by atoms with Crippen LogP contribution in [0, 0.1) is 5.92 Å². The molecule has 33 heavy (non-hydrogen) atoms. The number of ether oxygens (including phenoxy) is 3. The minimum absolute atomic E-state index is 0.0471. The summed E-state index contributed by atoms with van der Waals surface area (Å²) in [6, 6.07) is 13.3. The Bertz CT molecular complexity index is 1030. The molecule has 0 atom stereocenters. The van der Waals surface area contributed by atoms with E-state index in [4.69, 9.17) is 14.2 Å². The van der Waals surface area contributed by atoms with Crippen molar-refractivity contribution in [1.82, 2.24) is 5.32 Å². The highest BCUT2D eigenvalue weighted by atomic mass is 16.6. The Kier molecular flexibility index (Phi) is 6.11. The van der Waals surface area contributed by atoms with Crippen LogP contribution in [0.25, 0.3) is 0 Å². The van der Waals surface area contributed by atoms with Gasteiger partial charge in [0.25, 0.3) is 5.91 Å². The van der Waals surface area contributed by atoms with E-state index >= 15 is 0 Å². The van der Waals surface area contributed by atoms with Crippen molar-refractivity contribution in [3.05, 3.63) is 48.0 Å². The van der Waals surface area contributed by atoms with Crippen LogP contribution in [0.3, 0.4) is 0 Å². The van der Waals surface area contributed by atoms with E-state index in [9.17, 15) is 9.59 Å². The average molecular weight is 451 g/mol. The number of nitrogens with one attached hydrogen (secondary N) is 2. The van der Waals surface area contributed by atoms with Gasteiger partial charge in [-0.25, -0.2) is 0 Å². The van der Waals surface area contributed by atoms with Gasteiger partial charge in [0.1, 0.15) is 19.0 Å². The van der Waals surface area contributed by atoms with Gasteiger partial charge in [0, 0.05) is 29.6 Å². The summed E-state index contributed by atoms with van der Waals surface area (Å²) < 4.78 is 17.1. The minimum atomic E-state index is -0.161. The quantitative estimate of drug-likeness (QED) is 0.639. The number of fused-ring (bicyclic) bond motifs is 1. The average Bonchev–Trinajstić information content (AvgIpc) is 3.59. The summed E-state index contributed by atoms with van der Waals surface area (Å²) in [4.78, 5) is 24.5. The molecule has 2 amide bonds. The SMILES string of the molecule is O=C(COc1cccc(NC(=O)C2CC2)c1)NCC1(c2ccc3c(c2)OCCO3)CCCC1. The summed E-state index contributed by atoms with van der Waals surface area (Å²) in [6.07, 6.45) is 6.24. The topological polar surface area (TPSA) is 85.9 Å². The molecule has 1 heterocycles. The Morgan fingerprint density at radius 1 is 1.00 bits per heavy atom. The van der Waals surface area contributed by atoms with Gasteiger partial charge in [-0.3, -0.25) is 9.59 Å². The van der Waals surface area contributed by atoms with Gasteiger partial charge in [-0.15, -0.1) is 0 Å². The number of benzene rings is 2. The van der Waals surface area contributed by atoms with Crippen LogP contribution in [0.15, 0.2) is 42.5 Å². The van der Waals surface area contributed by atoms with Gasteiger partial charge in [0.2, 0.25) is 5.91 Å². The van der Waals surface area contributed by atoms with Crippen LogP contribution in [-0.2, 0) is 15.0 Å². The lowest BCUT2D eigenvalue weighted by Gasteiger charge is -2.31. The second kappa shape index (κ2) is 9.33. The molecule has 2 aliphatic carbocycles. The van der Waals surface area contributed by atoms with Crippen LogP contribution >= 0.6 is 0 Å². The largest absolute Gasteiger partial charge is 0.486 e. The second-order valence-corrected chi connectivity index (χ2v) is 9.20. The first kappa shape index (κ1) is 21.6. The van der Waals surface area contributed by atoms with Crippen LogP contribution in [0.2, 0.25) is 0 Å². The van der Waals surface area contributed by atoms with E-state index in [1.54, 1.807) is 12.1 Å². The Labute approximate surface area is 193 Å². The van der Waals surface area contributed by atoms with Crippen molar-refractivity contribution < 1.29 is 23.8 Å². The molecule has 174 valence electrons. The van der Waals surface area contributed by atoms with Crippen LogP contribution in [-0.4, -0.2) is 38.2 Å². The van der Waals surface area contributed by atoms with Crippen LogP contribution in [0.5, 0.6) is 17.2 Å². The maximum Gasteiger partial charge on any atom is 0.257 e. The van der Waals surface area contributed by atoms with E-state index in [0.717, 1.165) is 50.0 Å². The molecule has 3 aliphatic rings. The molecule has 0 unspecified atom stereocenters. The third-order valence-electron chi connectivity index (χ3n) is 6.76. The first-order chi connectivity index (χ1) is 16.1. The third kappa shape index (κ3) is 5.07. The molecule has 2 aromatic carbocycles. The van der Waals surface area contributed by atoms with Gasteiger partial charge < -0.3 is 24.8 Å². The van der Waals surface area contributed by atoms with Crippen molar-refractivity contribution in [2.75, 3.05) is 31.7 Å². The van der Waals surface area contributed by atoms with Crippen LogP contribution in [0.1, 0.15) is 44.1 Å². The molecular formula is C26H30N2O5. The highest BCUT2D eigenvalue weighted by Crippen LogP contribution is 2.43. The number of hydrogen-bond acceptors (Lipinski definition) is 5. The highest BCUT2D eigenvalue weighted by Gasteiger charge is 2.37. The van der Waals surface area contributed by atoms with E-state index in [1.165, 1.54) is 5.56 Å². The zero-order valence-corrected chi connectivity index (χ0v) is 18.7. The minimum Gasteiger partial charge on any atom is -0.486 e. The summed E-state index contributed by atoms with van der Waals surface area (Å²) in [5, 5.41) is 5.98. The molecule has 5 rings (SSSR count). The normalized spacial score (nSPS) is 18.4. The Hall–Kier alpha value is -3.22. The third-order valence-corrected chi connectivity index (χ3v) is 6.76. The standard InChI is InChI=1S/C26H30N2O5/c29-24(16-33-21-5-3-4-20(15-21)28-25(30)18-6-7-18)27-17-26(10-1-2-11-26)19-8-9-22-23(14-19)32-13-12-31-22/h3-5,8-9,14-15,18H,1-2,6-7,10-13,16-17H2,(H,27,29)(H,28,30). The molecule has 2 saturated carbocycles. The molecule has 1 aliphatic heterocycles. The van der Waals surface area contributed by atoms with Crippen LogP contribution < -0.4 is 24.8 Å². The number of anilines is 1. The van der Waals surface area contributed by atoms with Gasteiger partial charge >= 0.3 is 0 Å². The molecule has 2 fully saturated rings. The van der Waals surface area contributed by atoms with Gasteiger partial charge in [0.05, 0.1) is 0 Å². The fourth-order valence-electron chi connectivity index (χ4n) is 4.71. The van der Waals surface area contributed by atoms with Crippen molar-refractivity contribution in [3.63, 3.8) is 0 Å². The van der Waals surface area contributed by atoms with Gasteiger partial charge in [0.15, 0.2) is 18.1 Å². The Morgan fingerprint density at radius 3 is 2.58 bits per heavy atom. The highest BCUT2D eigenvalue weighted by molar-refractivity contribution is 5.94. The summed E-state index contributed by atoms with van der Waals surface area (Å²) in [5.41, 5.74) is 1.77. The molecule has 7 nitrogen and oxygen atoms in total.